The van der Waals surface area contributed by atoms with Gasteiger partial charge in [-0.05, 0) is 47.1 Å². The molecule has 3 aromatic rings. The number of methoxy groups -OCH3 is 1. The number of thiazole rings is 1. The highest BCUT2D eigenvalue weighted by atomic mass is 32.1. The van der Waals surface area contributed by atoms with Crippen molar-refractivity contribution in [3.8, 4) is 10.6 Å². The van der Waals surface area contributed by atoms with Gasteiger partial charge in [-0.3, -0.25) is 4.98 Å². The van der Waals surface area contributed by atoms with Gasteiger partial charge in [0.25, 0.3) is 0 Å². The summed E-state index contributed by atoms with van der Waals surface area (Å²) in [4.78, 5) is 18.6. The average Bonchev–Trinajstić information content (AvgIpc) is 3.31. The first-order valence-electron chi connectivity index (χ1n) is 11.7. The van der Waals surface area contributed by atoms with Gasteiger partial charge in [-0.15, -0.1) is 11.3 Å². The number of nitrogens with one attached hydrogen (secondary N) is 2. The highest BCUT2D eigenvalue weighted by Crippen LogP contribution is 2.40. The van der Waals surface area contributed by atoms with Gasteiger partial charge in [-0.1, -0.05) is 0 Å². The van der Waals surface area contributed by atoms with Crippen molar-refractivity contribution in [1.82, 2.24) is 19.9 Å². The minimum atomic E-state index is -1.14. The zero-order valence-electron chi connectivity index (χ0n) is 20.9. The molecule has 0 radical (unpaired) electrons. The summed E-state index contributed by atoms with van der Waals surface area (Å²) in [5.74, 6) is 0.433. The molecule has 5 atom stereocenters. The lowest BCUT2D eigenvalue weighted by Gasteiger charge is -2.28. The molecule has 190 valence electrons. The maximum atomic E-state index is 10.8. The Balaban J connectivity index is 1.76. The third-order valence-corrected chi connectivity index (χ3v) is 7.54. The fraction of sp³-hybridized carbons (Fsp3) is 0.583. The number of rotatable bonds is 8. The van der Waals surface area contributed by atoms with Crippen molar-refractivity contribution >= 4 is 33.3 Å². The highest BCUT2D eigenvalue weighted by molar-refractivity contribution is 7.21. The molecular formula is C24H34N6O4S. The first-order chi connectivity index (χ1) is 16.5. The first kappa shape index (κ1) is 25.6. The van der Waals surface area contributed by atoms with Crippen molar-refractivity contribution in [3.63, 3.8) is 0 Å². The third kappa shape index (κ3) is 5.24. The highest BCUT2D eigenvalue weighted by Gasteiger charge is 2.48. The van der Waals surface area contributed by atoms with Gasteiger partial charge >= 0.3 is 0 Å². The molecule has 35 heavy (non-hydrogen) atoms. The fourth-order valence-corrected chi connectivity index (χ4v) is 5.76. The van der Waals surface area contributed by atoms with Crippen LogP contribution in [0.1, 0.15) is 38.6 Å². The van der Waals surface area contributed by atoms with Crippen LogP contribution in [0.15, 0.2) is 12.3 Å². The number of hydrogen-bond donors (Lipinski definition) is 5. The van der Waals surface area contributed by atoms with Crippen LogP contribution in [-0.4, -0.2) is 78.9 Å². The van der Waals surface area contributed by atoms with E-state index in [1.807, 2.05) is 26.8 Å². The van der Waals surface area contributed by atoms with Crippen molar-refractivity contribution < 1.29 is 20.1 Å². The molecule has 0 aliphatic heterocycles. The molecule has 1 aliphatic rings. The van der Waals surface area contributed by atoms with E-state index in [4.69, 9.17) is 14.7 Å². The van der Waals surface area contributed by atoms with Gasteiger partial charge in [0, 0.05) is 25.3 Å². The first-order valence-corrected chi connectivity index (χ1v) is 12.5. The SMILES string of the molecule is COC[C@@H](C)Nc1nc(C)c(-c2nc3c(C)nccc3s2)c(N[C@@H]2C[C@H](C(C)(C)O)[C@@H](O)[C@H]2O)n1. The summed E-state index contributed by atoms with van der Waals surface area (Å²) in [5.41, 5.74) is 1.97. The predicted octanol–water partition coefficient (Wildman–Crippen LogP) is 2.51. The Labute approximate surface area is 208 Å². The monoisotopic (exact) mass is 502 g/mol. The lowest BCUT2D eigenvalue weighted by molar-refractivity contribution is -0.0601. The summed E-state index contributed by atoms with van der Waals surface area (Å²) in [6.45, 7) is 9.56. The van der Waals surface area contributed by atoms with E-state index in [2.05, 4.69) is 20.6 Å². The minimum absolute atomic E-state index is 0.0206. The van der Waals surface area contributed by atoms with Crippen LogP contribution in [0.3, 0.4) is 0 Å². The van der Waals surface area contributed by atoms with Crippen molar-refractivity contribution in [1.29, 1.82) is 0 Å². The number of aromatic nitrogens is 4. The van der Waals surface area contributed by atoms with Crippen LogP contribution in [0.2, 0.25) is 0 Å². The van der Waals surface area contributed by atoms with E-state index >= 15 is 0 Å². The molecule has 0 saturated heterocycles. The number of pyridine rings is 1. The molecule has 10 nitrogen and oxygen atoms in total. The normalized spacial score (nSPS) is 23.6. The van der Waals surface area contributed by atoms with E-state index < -0.39 is 29.8 Å². The molecule has 4 rings (SSSR count). The minimum Gasteiger partial charge on any atom is -0.390 e. The summed E-state index contributed by atoms with van der Waals surface area (Å²) >= 11 is 1.52. The zero-order chi connectivity index (χ0) is 25.5. The van der Waals surface area contributed by atoms with Crippen LogP contribution in [-0.2, 0) is 4.74 Å². The second kappa shape index (κ2) is 9.90. The Hall–Kier alpha value is -2.44. The molecule has 0 unspecified atom stereocenters. The van der Waals surface area contributed by atoms with Crippen molar-refractivity contribution in [3.05, 3.63) is 23.7 Å². The lowest BCUT2D eigenvalue weighted by Crippen LogP contribution is -2.40. The second-order valence-electron chi connectivity index (χ2n) is 9.85. The number of fused-ring (bicyclic) bond motifs is 1. The third-order valence-electron chi connectivity index (χ3n) is 6.50. The summed E-state index contributed by atoms with van der Waals surface area (Å²) in [5, 5.41) is 39.2. The molecule has 0 aromatic carbocycles. The smallest absolute Gasteiger partial charge is 0.225 e. The molecule has 0 bridgehead atoms. The lowest BCUT2D eigenvalue weighted by atomic mass is 9.88. The molecule has 3 heterocycles. The number of aliphatic hydroxyl groups is 3. The number of anilines is 2. The van der Waals surface area contributed by atoms with Gasteiger partial charge in [-0.2, -0.15) is 4.98 Å². The molecule has 1 fully saturated rings. The van der Waals surface area contributed by atoms with Gasteiger partial charge in [0.2, 0.25) is 5.95 Å². The predicted molar refractivity (Wildman–Crippen MR) is 137 cm³/mol. The summed E-state index contributed by atoms with van der Waals surface area (Å²) in [6.07, 6.45) is 0.00830. The largest absolute Gasteiger partial charge is 0.390 e. The Bertz CT molecular complexity index is 1200. The number of ether oxygens (including phenoxy) is 1. The molecule has 1 aliphatic carbocycles. The second-order valence-corrected chi connectivity index (χ2v) is 10.9. The van der Waals surface area contributed by atoms with E-state index in [9.17, 15) is 15.3 Å². The molecule has 0 spiro atoms. The van der Waals surface area contributed by atoms with Crippen LogP contribution in [0.25, 0.3) is 20.8 Å². The van der Waals surface area contributed by atoms with Crippen molar-refractivity contribution in [2.75, 3.05) is 24.4 Å². The standard InChI is InChI=1S/C24H34N6O4S/c1-11(10-34-6)26-23-27-12(2)17(22-29-18-13(3)25-8-7-16(18)35-22)21(30-23)28-15-9-14(24(4,5)33)19(31)20(15)32/h7-8,11,14-15,19-20,31-33H,9-10H2,1-6H3,(H2,26,27,28,30)/t11-,14+,15-,19-,20+/m1/s1. The van der Waals surface area contributed by atoms with Crippen LogP contribution < -0.4 is 10.6 Å². The molecule has 11 heteroatoms. The molecule has 1 saturated carbocycles. The van der Waals surface area contributed by atoms with Gasteiger partial charge in [-0.25, -0.2) is 9.97 Å². The van der Waals surface area contributed by atoms with E-state index in [1.165, 1.54) is 11.3 Å². The van der Waals surface area contributed by atoms with E-state index in [0.717, 1.165) is 26.5 Å². The fourth-order valence-electron chi connectivity index (χ4n) is 4.65. The number of aryl methyl sites for hydroxylation is 2. The van der Waals surface area contributed by atoms with Crippen LogP contribution >= 0.6 is 11.3 Å². The van der Waals surface area contributed by atoms with Crippen LogP contribution in [0.5, 0.6) is 0 Å². The summed E-state index contributed by atoms with van der Waals surface area (Å²) in [6, 6.07) is 1.39. The van der Waals surface area contributed by atoms with E-state index in [-0.39, 0.29) is 6.04 Å². The van der Waals surface area contributed by atoms with Gasteiger partial charge < -0.3 is 30.7 Å². The van der Waals surface area contributed by atoms with Crippen LogP contribution in [0.4, 0.5) is 11.8 Å². The van der Waals surface area contributed by atoms with E-state index in [0.29, 0.717) is 30.5 Å². The van der Waals surface area contributed by atoms with Crippen molar-refractivity contribution in [2.24, 2.45) is 5.92 Å². The molecule has 5 N–H and O–H groups in total. The van der Waals surface area contributed by atoms with Crippen molar-refractivity contribution in [2.45, 2.75) is 70.9 Å². The van der Waals surface area contributed by atoms with Crippen LogP contribution in [0, 0.1) is 19.8 Å². The Morgan fingerprint density at radius 1 is 1.17 bits per heavy atom. The van der Waals surface area contributed by atoms with Gasteiger partial charge in [0.15, 0.2) is 0 Å². The Morgan fingerprint density at radius 2 is 1.91 bits per heavy atom. The van der Waals surface area contributed by atoms with Gasteiger partial charge in [0.1, 0.15) is 22.4 Å². The number of aliphatic hydroxyl groups excluding tert-OH is 2. The topological polar surface area (TPSA) is 146 Å². The quantitative estimate of drug-likeness (QED) is 0.311. The summed E-state index contributed by atoms with van der Waals surface area (Å²) < 4.78 is 6.23. The Morgan fingerprint density at radius 3 is 2.54 bits per heavy atom. The average molecular weight is 503 g/mol. The number of nitrogens with zero attached hydrogens (tertiary/aromatic N) is 4. The summed E-state index contributed by atoms with van der Waals surface area (Å²) in [7, 11) is 1.64. The van der Waals surface area contributed by atoms with Gasteiger partial charge in [0.05, 0.1) is 46.0 Å². The maximum absolute atomic E-state index is 10.8. The zero-order valence-corrected chi connectivity index (χ0v) is 21.7. The van der Waals surface area contributed by atoms with E-state index in [1.54, 1.807) is 27.2 Å². The molecule has 3 aromatic heterocycles. The molecular weight excluding hydrogens is 468 g/mol. The molecule has 0 amide bonds. The maximum Gasteiger partial charge on any atom is 0.225 e. The Kier molecular flexibility index (Phi) is 7.26. The number of hydrogen-bond acceptors (Lipinski definition) is 11.